The maximum atomic E-state index is 12.7. The van der Waals surface area contributed by atoms with E-state index in [2.05, 4.69) is 20.0 Å². The number of hydrogen-bond donors (Lipinski definition) is 0. The van der Waals surface area contributed by atoms with E-state index in [4.69, 9.17) is 4.42 Å². The monoisotopic (exact) mass is 416 g/mol. The summed E-state index contributed by atoms with van der Waals surface area (Å²) in [6.07, 6.45) is 4.43. The number of carbonyl (C=O) groups excluding carboxylic acids is 1. The number of hydrogen-bond acceptors (Lipinski definition) is 6. The van der Waals surface area contributed by atoms with E-state index in [1.165, 1.54) is 0 Å². The van der Waals surface area contributed by atoms with Crippen molar-refractivity contribution in [2.24, 2.45) is 7.05 Å². The second-order valence-electron chi connectivity index (χ2n) is 7.70. The van der Waals surface area contributed by atoms with Crippen molar-refractivity contribution in [2.75, 3.05) is 31.1 Å². The molecule has 0 unspecified atom stereocenters. The van der Waals surface area contributed by atoms with Crippen LogP contribution >= 0.6 is 0 Å². The smallest absolute Gasteiger partial charge is 0.223 e. The van der Waals surface area contributed by atoms with E-state index in [9.17, 15) is 4.79 Å². The first-order chi connectivity index (χ1) is 15.2. The minimum atomic E-state index is 0.159. The highest BCUT2D eigenvalue weighted by atomic mass is 16.3. The number of fused-ring (bicyclic) bond motifs is 1. The fraction of sp³-hybridized carbons (Fsp3) is 0.304. The van der Waals surface area contributed by atoms with Crippen LogP contribution in [0.5, 0.6) is 0 Å². The zero-order chi connectivity index (χ0) is 21.2. The van der Waals surface area contributed by atoms with Gasteiger partial charge in [-0.05, 0) is 12.1 Å². The van der Waals surface area contributed by atoms with Gasteiger partial charge in [0.25, 0.3) is 0 Å². The molecule has 31 heavy (non-hydrogen) atoms. The highest BCUT2D eigenvalue weighted by molar-refractivity contribution is 5.86. The molecule has 0 radical (unpaired) electrons. The molecular weight excluding hydrogens is 392 g/mol. The number of furan rings is 1. The van der Waals surface area contributed by atoms with Crippen LogP contribution in [0.4, 0.5) is 5.82 Å². The van der Waals surface area contributed by atoms with E-state index in [0.717, 1.165) is 47.0 Å². The van der Waals surface area contributed by atoms with Gasteiger partial charge in [0.15, 0.2) is 5.65 Å². The SMILES string of the molecule is Cn1ncc2c(N3CCN(C(=O)CCc4ccc(-c5ccccc5)o4)CC3)ncnc21. The van der Waals surface area contributed by atoms with E-state index >= 15 is 0 Å². The number of benzene rings is 1. The summed E-state index contributed by atoms with van der Waals surface area (Å²) >= 11 is 0. The van der Waals surface area contributed by atoms with Crippen LogP contribution in [0.15, 0.2) is 59.4 Å². The summed E-state index contributed by atoms with van der Waals surface area (Å²) in [5.74, 6) is 2.72. The Morgan fingerprint density at radius 3 is 2.65 bits per heavy atom. The average Bonchev–Trinajstić information content (AvgIpc) is 3.45. The third-order valence-corrected chi connectivity index (χ3v) is 5.75. The minimum absolute atomic E-state index is 0.159. The molecule has 8 heteroatoms. The fourth-order valence-electron chi connectivity index (χ4n) is 4.03. The molecule has 1 aliphatic heterocycles. The molecule has 0 saturated carbocycles. The summed E-state index contributed by atoms with van der Waals surface area (Å²) in [7, 11) is 1.87. The van der Waals surface area contributed by atoms with Crippen molar-refractivity contribution in [2.45, 2.75) is 12.8 Å². The summed E-state index contributed by atoms with van der Waals surface area (Å²) < 4.78 is 7.67. The van der Waals surface area contributed by atoms with Crippen molar-refractivity contribution < 1.29 is 9.21 Å². The molecular formula is C23H24N6O2. The Morgan fingerprint density at radius 1 is 1.03 bits per heavy atom. The molecule has 0 aliphatic carbocycles. The van der Waals surface area contributed by atoms with Gasteiger partial charge < -0.3 is 14.2 Å². The summed E-state index contributed by atoms with van der Waals surface area (Å²) in [5, 5.41) is 5.22. The number of carbonyl (C=O) groups is 1. The molecule has 1 aliphatic rings. The van der Waals surface area contributed by atoms with Gasteiger partial charge >= 0.3 is 0 Å². The first-order valence-electron chi connectivity index (χ1n) is 10.5. The molecule has 1 amide bonds. The van der Waals surface area contributed by atoms with E-state index in [1.807, 2.05) is 54.4 Å². The van der Waals surface area contributed by atoms with Crippen LogP contribution in [0.1, 0.15) is 12.2 Å². The summed E-state index contributed by atoms with van der Waals surface area (Å²) in [4.78, 5) is 25.6. The van der Waals surface area contributed by atoms with Gasteiger partial charge in [-0.15, -0.1) is 0 Å². The van der Waals surface area contributed by atoms with E-state index < -0.39 is 0 Å². The van der Waals surface area contributed by atoms with Crippen molar-refractivity contribution in [1.82, 2.24) is 24.6 Å². The van der Waals surface area contributed by atoms with E-state index in [0.29, 0.717) is 25.9 Å². The number of aryl methyl sites for hydroxylation is 2. The van der Waals surface area contributed by atoms with Crippen LogP contribution in [0.2, 0.25) is 0 Å². The molecule has 4 heterocycles. The number of anilines is 1. The second kappa shape index (κ2) is 8.22. The standard InChI is InChI=1S/C23H24N6O2/c1-27-22-19(15-26-27)23(25-16-24-22)29-13-11-28(12-14-29)21(30)10-8-18-7-9-20(31-18)17-5-3-2-4-6-17/h2-7,9,15-16H,8,10-14H2,1H3. The van der Waals surface area contributed by atoms with Gasteiger partial charge in [0.2, 0.25) is 5.91 Å². The molecule has 0 bridgehead atoms. The molecule has 1 fully saturated rings. The van der Waals surface area contributed by atoms with E-state index in [-0.39, 0.29) is 5.91 Å². The predicted octanol–water partition coefficient (Wildman–Crippen LogP) is 2.90. The van der Waals surface area contributed by atoms with Gasteiger partial charge in [-0.1, -0.05) is 30.3 Å². The third kappa shape index (κ3) is 3.88. The van der Waals surface area contributed by atoms with Crippen LogP contribution < -0.4 is 4.90 Å². The molecule has 1 aromatic carbocycles. The summed E-state index contributed by atoms with van der Waals surface area (Å²) in [5.41, 5.74) is 1.86. The third-order valence-electron chi connectivity index (χ3n) is 5.75. The first-order valence-corrected chi connectivity index (χ1v) is 10.5. The number of piperazine rings is 1. The molecule has 1 saturated heterocycles. The van der Waals surface area contributed by atoms with Gasteiger partial charge in [-0.3, -0.25) is 9.48 Å². The number of rotatable bonds is 5. The van der Waals surface area contributed by atoms with Crippen LogP contribution in [0, 0.1) is 0 Å². The second-order valence-corrected chi connectivity index (χ2v) is 7.70. The quantitative estimate of drug-likeness (QED) is 0.498. The molecule has 4 aromatic rings. The number of aromatic nitrogens is 4. The Balaban J connectivity index is 1.17. The number of amides is 1. The van der Waals surface area contributed by atoms with Gasteiger partial charge in [-0.25, -0.2) is 9.97 Å². The van der Waals surface area contributed by atoms with Crippen LogP contribution in [0.25, 0.3) is 22.4 Å². The van der Waals surface area contributed by atoms with Crippen LogP contribution in [-0.2, 0) is 18.3 Å². The van der Waals surface area contributed by atoms with Crippen LogP contribution in [-0.4, -0.2) is 56.7 Å². The minimum Gasteiger partial charge on any atom is -0.461 e. The molecule has 3 aromatic heterocycles. The maximum Gasteiger partial charge on any atom is 0.223 e. The van der Waals surface area contributed by atoms with E-state index in [1.54, 1.807) is 17.2 Å². The molecule has 8 nitrogen and oxygen atoms in total. The topological polar surface area (TPSA) is 80.3 Å². The normalized spacial score (nSPS) is 14.4. The van der Waals surface area contributed by atoms with Gasteiger partial charge in [-0.2, -0.15) is 5.10 Å². The zero-order valence-corrected chi connectivity index (χ0v) is 17.4. The van der Waals surface area contributed by atoms with Gasteiger partial charge in [0.1, 0.15) is 23.7 Å². The van der Waals surface area contributed by atoms with Crippen molar-refractivity contribution >= 4 is 22.8 Å². The lowest BCUT2D eigenvalue weighted by Gasteiger charge is -2.35. The fourth-order valence-corrected chi connectivity index (χ4v) is 4.03. The summed E-state index contributed by atoms with van der Waals surface area (Å²) in [6.45, 7) is 2.84. The largest absolute Gasteiger partial charge is 0.461 e. The van der Waals surface area contributed by atoms with Gasteiger partial charge in [0, 0.05) is 51.6 Å². The molecule has 0 atom stereocenters. The highest BCUT2D eigenvalue weighted by Crippen LogP contribution is 2.24. The lowest BCUT2D eigenvalue weighted by molar-refractivity contribution is -0.131. The maximum absolute atomic E-state index is 12.7. The molecule has 5 rings (SSSR count). The van der Waals surface area contributed by atoms with Crippen molar-refractivity contribution in [1.29, 1.82) is 0 Å². The van der Waals surface area contributed by atoms with Gasteiger partial charge in [0.05, 0.1) is 11.6 Å². The molecule has 158 valence electrons. The Morgan fingerprint density at radius 2 is 1.84 bits per heavy atom. The Hall–Kier alpha value is -3.68. The lowest BCUT2D eigenvalue weighted by Crippen LogP contribution is -2.49. The van der Waals surface area contributed by atoms with Crippen molar-refractivity contribution in [3.8, 4) is 11.3 Å². The number of nitrogens with zero attached hydrogens (tertiary/aromatic N) is 6. The Bertz CT molecular complexity index is 1190. The zero-order valence-electron chi connectivity index (χ0n) is 17.4. The highest BCUT2D eigenvalue weighted by Gasteiger charge is 2.24. The Kier molecular flexibility index (Phi) is 5.11. The Labute approximate surface area is 180 Å². The van der Waals surface area contributed by atoms with Crippen LogP contribution in [0.3, 0.4) is 0 Å². The average molecular weight is 416 g/mol. The first kappa shape index (κ1) is 19.3. The summed E-state index contributed by atoms with van der Waals surface area (Å²) in [6, 6.07) is 13.9. The van der Waals surface area contributed by atoms with Crippen molar-refractivity contribution in [3.63, 3.8) is 0 Å². The van der Waals surface area contributed by atoms with Crippen molar-refractivity contribution in [3.05, 3.63) is 60.7 Å². The predicted molar refractivity (Wildman–Crippen MR) is 118 cm³/mol. The lowest BCUT2D eigenvalue weighted by atomic mass is 10.2. The molecule has 0 spiro atoms. The molecule has 0 N–H and O–H groups in total.